The smallest absolute Gasteiger partial charge is 0.410 e. The second-order valence-corrected chi connectivity index (χ2v) is 5.32. The molecule has 0 aliphatic carbocycles. The Hall–Kier alpha value is -1.58. The van der Waals surface area contributed by atoms with E-state index in [-0.39, 0.29) is 18.0 Å². The highest BCUT2D eigenvalue weighted by atomic mass is 19.1. The first-order chi connectivity index (χ1) is 8.20. The van der Waals surface area contributed by atoms with Crippen LogP contribution in [0.3, 0.4) is 0 Å². The van der Waals surface area contributed by atoms with Gasteiger partial charge in [0, 0.05) is 7.05 Å². The van der Waals surface area contributed by atoms with Crippen LogP contribution in [0.25, 0.3) is 0 Å². The Morgan fingerprint density at radius 3 is 2.22 bits per heavy atom. The fraction of sp³-hybridized carbons (Fsp3) is 0.500. The van der Waals surface area contributed by atoms with Gasteiger partial charge in [-0.05, 0) is 45.4 Å². The van der Waals surface area contributed by atoms with E-state index in [4.69, 9.17) is 4.74 Å². The number of rotatable bonds is 2. The summed E-state index contributed by atoms with van der Waals surface area (Å²) in [6.07, 6.45) is -0.390. The molecule has 1 rings (SSSR count). The van der Waals surface area contributed by atoms with Gasteiger partial charge in [0.05, 0.1) is 6.04 Å². The van der Waals surface area contributed by atoms with Crippen molar-refractivity contribution in [3.05, 3.63) is 35.6 Å². The summed E-state index contributed by atoms with van der Waals surface area (Å²) in [4.78, 5) is 13.4. The molecule has 3 nitrogen and oxygen atoms in total. The zero-order valence-electron chi connectivity index (χ0n) is 11.5. The minimum Gasteiger partial charge on any atom is -0.444 e. The second-order valence-electron chi connectivity index (χ2n) is 5.32. The highest BCUT2D eigenvalue weighted by Gasteiger charge is 2.23. The highest BCUT2D eigenvalue weighted by Crippen LogP contribution is 2.21. The maximum Gasteiger partial charge on any atom is 0.410 e. The number of carbonyl (C=O) groups is 1. The van der Waals surface area contributed by atoms with Crippen molar-refractivity contribution < 1.29 is 13.9 Å². The van der Waals surface area contributed by atoms with Crippen molar-refractivity contribution in [1.29, 1.82) is 0 Å². The molecule has 0 aromatic heterocycles. The topological polar surface area (TPSA) is 29.5 Å². The van der Waals surface area contributed by atoms with Crippen molar-refractivity contribution in [3.63, 3.8) is 0 Å². The molecule has 0 spiro atoms. The summed E-state index contributed by atoms with van der Waals surface area (Å²) in [5.74, 6) is -0.286. The Bertz CT molecular complexity index is 409. The largest absolute Gasteiger partial charge is 0.444 e. The van der Waals surface area contributed by atoms with E-state index in [1.54, 1.807) is 19.2 Å². The van der Waals surface area contributed by atoms with Crippen molar-refractivity contribution in [2.75, 3.05) is 7.05 Å². The maximum absolute atomic E-state index is 12.8. The van der Waals surface area contributed by atoms with Crippen LogP contribution in [-0.4, -0.2) is 23.6 Å². The number of carbonyl (C=O) groups excluding carboxylic acids is 1. The van der Waals surface area contributed by atoms with Gasteiger partial charge in [0.2, 0.25) is 0 Å². The molecule has 1 amide bonds. The Labute approximate surface area is 108 Å². The van der Waals surface area contributed by atoms with E-state index >= 15 is 0 Å². The number of hydrogen-bond donors (Lipinski definition) is 0. The lowest BCUT2D eigenvalue weighted by atomic mass is 10.1. The van der Waals surface area contributed by atoms with E-state index in [1.165, 1.54) is 17.0 Å². The summed E-state index contributed by atoms with van der Waals surface area (Å²) in [6.45, 7) is 7.33. The number of nitrogens with zero attached hydrogens (tertiary/aromatic N) is 1. The predicted octanol–water partition coefficient (Wildman–Crippen LogP) is 3.75. The average molecular weight is 253 g/mol. The molecule has 4 heteroatoms. The monoisotopic (exact) mass is 253 g/mol. The highest BCUT2D eigenvalue weighted by molar-refractivity contribution is 5.68. The molecule has 0 bridgehead atoms. The van der Waals surface area contributed by atoms with Crippen LogP contribution in [0, 0.1) is 5.82 Å². The third-order valence-electron chi connectivity index (χ3n) is 2.61. The molecule has 0 N–H and O–H groups in total. The minimum absolute atomic E-state index is 0.166. The summed E-state index contributed by atoms with van der Waals surface area (Å²) in [5.41, 5.74) is 0.346. The number of ether oxygens (including phenoxy) is 1. The van der Waals surface area contributed by atoms with Gasteiger partial charge in [-0.3, -0.25) is 0 Å². The van der Waals surface area contributed by atoms with Crippen LogP contribution in [0.5, 0.6) is 0 Å². The molecule has 0 saturated carbocycles. The molecule has 0 saturated heterocycles. The van der Waals surface area contributed by atoms with E-state index in [9.17, 15) is 9.18 Å². The zero-order valence-corrected chi connectivity index (χ0v) is 11.5. The minimum atomic E-state index is -0.520. The SMILES string of the molecule is C[C@H](c1ccc(F)cc1)N(C)C(=O)OC(C)(C)C. The molecule has 0 aliphatic rings. The molecule has 100 valence electrons. The van der Waals surface area contributed by atoms with Crippen molar-refractivity contribution in [2.45, 2.75) is 39.3 Å². The fourth-order valence-corrected chi connectivity index (χ4v) is 1.46. The lowest BCUT2D eigenvalue weighted by Gasteiger charge is -2.28. The Kier molecular flexibility index (Phi) is 4.33. The van der Waals surface area contributed by atoms with Crippen LogP contribution in [-0.2, 0) is 4.74 Å². The first-order valence-corrected chi connectivity index (χ1v) is 5.92. The van der Waals surface area contributed by atoms with Gasteiger partial charge in [-0.2, -0.15) is 0 Å². The van der Waals surface area contributed by atoms with E-state index in [2.05, 4.69) is 0 Å². The van der Waals surface area contributed by atoms with Crippen molar-refractivity contribution >= 4 is 6.09 Å². The van der Waals surface area contributed by atoms with Crippen LogP contribution in [0.1, 0.15) is 39.3 Å². The molecule has 0 aliphatic heterocycles. The van der Waals surface area contributed by atoms with Gasteiger partial charge in [0.1, 0.15) is 11.4 Å². The molecule has 1 aromatic rings. The summed E-state index contributed by atoms with van der Waals surface area (Å²) >= 11 is 0. The van der Waals surface area contributed by atoms with Gasteiger partial charge in [0.25, 0.3) is 0 Å². The Morgan fingerprint density at radius 1 is 1.28 bits per heavy atom. The molecular weight excluding hydrogens is 233 g/mol. The third kappa shape index (κ3) is 4.02. The molecular formula is C14H20FNO2. The molecule has 0 heterocycles. The number of hydrogen-bond acceptors (Lipinski definition) is 2. The van der Waals surface area contributed by atoms with Crippen molar-refractivity contribution in [2.24, 2.45) is 0 Å². The van der Waals surface area contributed by atoms with E-state index in [1.807, 2.05) is 27.7 Å². The van der Waals surface area contributed by atoms with Crippen LogP contribution < -0.4 is 0 Å². The van der Waals surface area contributed by atoms with Crippen LogP contribution in [0.4, 0.5) is 9.18 Å². The van der Waals surface area contributed by atoms with Crippen molar-refractivity contribution in [1.82, 2.24) is 4.90 Å². The summed E-state index contributed by atoms with van der Waals surface area (Å²) < 4.78 is 18.1. The van der Waals surface area contributed by atoms with Crippen molar-refractivity contribution in [3.8, 4) is 0 Å². The fourth-order valence-electron chi connectivity index (χ4n) is 1.46. The van der Waals surface area contributed by atoms with Gasteiger partial charge >= 0.3 is 6.09 Å². The lowest BCUT2D eigenvalue weighted by molar-refractivity contribution is 0.0234. The summed E-state index contributed by atoms with van der Waals surface area (Å²) in [7, 11) is 1.67. The first kappa shape index (κ1) is 14.5. The number of amides is 1. The first-order valence-electron chi connectivity index (χ1n) is 5.92. The maximum atomic E-state index is 12.8. The van der Waals surface area contributed by atoms with E-state index in [0.717, 1.165) is 5.56 Å². The van der Waals surface area contributed by atoms with Crippen LogP contribution >= 0.6 is 0 Å². The zero-order chi connectivity index (χ0) is 13.9. The Balaban J connectivity index is 2.74. The van der Waals surface area contributed by atoms with Gasteiger partial charge in [-0.1, -0.05) is 12.1 Å². The number of benzene rings is 1. The quantitative estimate of drug-likeness (QED) is 0.803. The third-order valence-corrected chi connectivity index (χ3v) is 2.61. The number of halogens is 1. The normalized spacial score (nSPS) is 13.0. The van der Waals surface area contributed by atoms with Crippen LogP contribution in [0.15, 0.2) is 24.3 Å². The molecule has 0 unspecified atom stereocenters. The van der Waals surface area contributed by atoms with Gasteiger partial charge in [0.15, 0.2) is 0 Å². The average Bonchev–Trinajstić information content (AvgIpc) is 2.26. The molecule has 1 aromatic carbocycles. The molecule has 0 fully saturated rings. The molecule has 0 radical (unpaired) electrons. The molecule has 1 atom stereocenters. The van der Waals surface area contributed by atoms with E-state index in [0.29, 0.717) is 0 Å². The molecule has 18 heavy (non-hydrogen) atoms. The predicted molar refractivity (Wildman–Crippen MR) is 68.8 cm³/mol. The standard InChI is InChI=1S/C14H20FNO2/c1-10(11-6-8-12(15)9-7-11)16(5)13(17)18-14(2,3)4/h6-10H,1-5H3/t10-/m1/s1. The second kappa shape index (κ2) is 5.38. The van der Waals surface area contributed by atoms with Crippen LogP contribution in [0.2, 0.25) is 0 Å². The van der Waals surface area contributed by atoms with Gasteiger partial charge in [-0.25, -0.2) is 9.18 Å². The van der Waals surface area contributed by atoms with Gasteiger partial charge in [-0.15, -0.1) is 0 Å². The lowest BCUT2D eigenvalue weighted by Crippen LogP contribution is -2.35. The summed E-state index contributed by atoms with van der Waals surface area (Å²) in [6, 6.07) is 5.94. The van der Waals surface area contributed by atoms with Gasteiger partial charge < -0.3 is 9.64 Å². The van der Waals surface area contributed by atoms with E-state index < -0.39 is 5.60 Å². The summed E-state index contributed by atoms with van der Waals surface area (Å²) in [5, 5.41) is 0. The Morgan fingerprint density at radius 2 is 1.78 bits per heavy atom.